The molecular formula is C18H32F3N5OS. The SMILES string of the molecule is CN=C(NCC1(N2CCOCC2)CCSC1)N1CCN(C(C)C(F)(F)F)CC1. The molecule has 28 heavy (non-hydrogen) atoms. The minimum atomic E-state index is -4.17. The summed E-state index contributed by atoms with van der Waals surface area (Å²) in [6.07, 6.45) is -3.04. The molecule has 0 radical (unpaired) electrons. The van der Waals surface area contributed by atoms with Crippen molar-refractivity contribution >= 4 is 17.7 Å². The van der Waals surface area contributed by atoms with Crippen molar-refractivity contribution in [1.82, 2.24) is 20.0 Å². The second kappa shape index (κ2) is 9.40. The summed E-state index contributed by atoms with van der Waals surface area (Å²) in [6.45, 7) is 7.42. The van der Waals surface area contributed by atoms with Crippen molar-refractivity contribution < 1.29 is 17.9 Å². The minimum Gasteiger partial charge on any atom is -0.379 e. The molecule has 2 atom stereocenters. The van der Waals surface area contributed by atoms with Gasteiger partial charge in [-0.25, -0.2) is 0 Å². The quantitative estimate of drug-likeness (QED) is 0.544. The summed E-state index contributed by atoms with van der Waals surface area (Å²) in [5, 5.41) is 3.53. The Bertz CT molecular complexity index is 528. The molecule has 1 N–H and O–H groups in total. The van der Waals surface area contributed by atoms with Crippen molar-refractivity contribution in [1.29, 1.82) is 0 Å². The highest BCUT2D eigenvalue weighted by molar-refractivity contribution is 7.99. The molecule has 0 aliphatic carbocycles. The number of hydrogen-bond acceptors (Lipinski definition) is 5. The van der Waals surface area contributed by atoms with Crippen LogP contribution in [0.15, 0.2) is 4.99 Å². The fraction of sp³-hybridized carbons (Fsp3) is 0.944. The number of morpholine rings is 1. The molecule has 3 saturated heterocycles. The van der Waals surface area contributed by atoms with Crippen LogP contribution in [0, 0.1) is 0 Å². The van der Waals surface area contributed by atoms with E-state index in [4.69, 9.17) is 4.74 Å². The Balaban J connectivity index is 1.54. The predicted molar refractivity (Wildman–Crippen MR) is 107 cm³/mol. The van der Waals surface area contributed by atoms with Crippen LogP contribution >= 0.6 is 11.8 Å². The van der Waals surface area contributed by atoms with Crippen molar-refractivity contribution in [2.24, 2.45) is 4.99 Å². The number of ether oxygens (including phenoxy) is 1. The summed E-state index contributed by atoms with van der Waals surface area (Å²) in [7, 11) is 1.75. The van der Waals surface area contributed by atoms with Crippen molar-refractivity contribution in [3.05, 3.63) is 0 Å². The summed E-state index contributed by atoms with van der Waals surface area (Å²) in [6, 6.07) is -1.40. The molecule has 0 spiro atoms. The van der Waals surface area contributed by atoms with Crippen LogP contribution < -0.4 is 5.32 Å². The predicted octanol–water partition coefficient (Wildman–Crippen LogP) is 1.34. The highest BCUT2D eigenvalue weighted by Gasteiger charge is 2.42. The fourth-order valence-electron chi connectivity index (χ4n) is 4.24. The molecule has 6 nitrogen and oxygen atoms in total. The number of hydrogen-bond donors (Lipinski definition) is 1. The normalized spacial score (nSPS) is 29.9. The van der Waals surface area contributed by atoms with Gasteiger partial charge in [-0.05, 0) is 19.1 Å². The summed E-state index contributed by atoms with van der Waals surface area (Å²) in [5.41, 5.74) is 0.108. The van der Waals surface area contributed by atoms with Gasteiger partial charge in [0.25, 0.3) is 0 Å². The van der Waals surface area contributed by atoms with Gasteiger partial charge in [-0.1, -0.05) is 0 Å². The third-order valence-electron chi connectivity index (χ3n) is 6.19. The van der Waals surface area contributed by atoms with Gasteiger partial charge in [0, 0.05) is 64.2 Å². The van der Waals surface area contributed by atoms with Crippen LogP contribution in [0.1, 0.15) is 13.3 Å². The number of thioether (sulfide) groups is 1. The molecule has 3 heterocycles. The van der Waals surface area contributed by atoms with Crippen LogP contribution in [-0.4, -0.2) is 116 Å². The number of alkyl halides is 3. The van der Waals surface area contributed by atoms with E-state index in [2.05, 4.69) is 20.1 Å². The van der Waals surface area contributed by atoms with E-state index in [1.165, 1.54) is 11.8 Å². The third-order valence-corrected chi connectivity index (χ3v) is 7.42. The van der Waals surface area contributed by atoms with Gasteiger partial charge in [0.2, 0.25) is 0 Å². The van der Waals surface area contributed by atoms with Gasteiger partial charge in [-0.15, -0.1) is 0 Å². The molecule has 10 heteroatoms. The number of nitrogens with one attached hydrogen (secondary N) is 1. The molecule has 162 valence electrons. The molecule has 3 aliphatic heterocycles. The number of piperazine rings is 1. The van der Waals surface area contributed by atoms with Crippen LogP contribution in [-0.2, 0) is 4.74 Å². The van der Waals surface area contributed by atoms with Gasteiger partial charge in [0.1, 0.15) is 6.04 Å². The lowest BCUT2D eigenvalue weighted by Crippen LogP contribution is -2.61. The number of rotatable bonds is 4. The first kappa shape index (κ1) is 22.0. The molecule has 0 saturated carbocycles. The Labute approximate surface area is 169 Å². The van der Waals surface area contributed by atoms with Crippen molar-refractivity contribution in [3.63, 3.8) is 0 Å². The zero-order chi connectivity index (χ0) is 20.2. The summed E-state index contributed by atoms with van der Waals surface area (Å²) in [4.78, 5) is 10.5. The molecule has 0 aromatic rings. The zero-order valence-corrected chi connectivity index (χ0v) is 17.6. The van der Waals surface area contributed by atoms with Gasteiger partial charge in [0.05, 0.1) is 13.2 Å². The van der Waals surface area contributed by atoms with Crippen LogP contribution in [0.3, 0.4) is 0 Å². The zero-order valence-electron chi connectivity index (χ0n) is 16.8. The average Bonchev–Trinajstić information content (AvgIpc) is 3.18. The molecule has 0 aromatic carbocycles. The van der Waals surface area contributed by atoms with Crippen molar-refractivity contribution in [2.45, 2.75) is 31.1 Å². The van der Waals surface area contributed by atoms with E-state index in [1.54, 1.807) is 7.05 Å². The smallest absolute Gasteiger partial charge is 0.379 e. The minimum absolute atomic E-state index is 0.108. The van der Waals surface area contributed by atoms with E-state index >= 15 is 0 Å². The van der Waals surface area contributed by atoms with E-state index in [9.17, 15) is 13.2 Å². The van der Waals surface area contributed by atoms with E-state index in [0.717, 1.165) is 56.7 Å². The Morgan fingerprint density at radius 3 is 2.39 bits per heavy atom. The van der Waals surface area contributed by atoms with E-state index in [1.807, 2.05) is 11.8 Å². The standard InChI is InChI=1S/C18H32F3N5OS/c1-15(18(19,20)21)24-4-6-25(7-5-24)16(22-2)23-13-17(3-12-28-14-17)26-8-10-27-11-9-26/h15H,3-14H2,1-2H3,(H,22,23). The highest BCUT2D eigenvalue weighted by Crippen LogP contribution is 2.33. The Kier molecular flexibility index (Phi) is 7.38. The molecule has 0 amide bonds. The lowest BCUT2D eigenvalue weighted by atomic mass is 9.95. The molecular weight excluding hydrogens is 391 g/mol. The molecule has 3 rings (SSSR count). The van der Waals surface area contributed by atoms with Crippen LogP contribution in [0.25, 0.3) is 0 Å². The lowest BCUT2D eigenvalue weighted by molar-refractivity contribution is -0.181. The number of nitrogens with zero attached hydrogens (tertiary/aromatic N) is 4. The highest BCUT2D eigenvalue weighted by atomic mass is 32.2. The van der Waals surface area contributed by atoms with Gasteiger partial charge in [-0.2, -0.15) is 24.9 Å². The molecule has 3 fully saturated rings. The van der Waals surface area contributed by atoms with Crippen molar-refractivity contribution in [3.8, 4) is 0 Å². The summed E-state index contributed by atoms with van der Waals surface area (Å²) in [5.74, 6) is 3.04. The maximum atomic E-state index is 13.0. The Hall–Kier alpha value is -0.710. The van der Waals surface area contributed by atoms with Crippen molar-refractivity contribution in [2.75, 3.05) is 77.6 Å². The number of halogens is 3. The Morgan fingerprint density at radius 2 is 1.86 bits per heavy atom. The van der Waals surface area contributed by atoms with Crippen LogP contribution in [0.2, 0.25) is 0 Å². The van der Waals surface area contributed by atoms with Gasteiger partial charge in [0.15, 0.2) is 5.96 Å². The molecule has 3 aliphatic rings. The Morgan fingerprint density at radius 1 is 1.18 bits per heavy atom. The second-order valence-electron chi connectivity index (χ2n) is 7.77. The van der Waals surface area contributed by atoms with Gasteiger partial charge in [-0.3, -0.25) is 14.8 Å². The van der Waals surface area contributed by atoms with E-state index in [0.29, 0.717) is 26.2 Å². The van der Waals surface area contributed by atoms with Crippen LogP contribution in [0.4, 0.5) is 13.2 Å². The van der Waals surface area contributed by atoms with E-state index < -0.39 is 12.2 Å². The van der Waals surface area contributed by atoms with Crippen LogP contribution in [0.5, 0.6) is 0 Å². The first-order chi connectivity index (χ1) is 13.4. The third kappa shape index (κ3) is 5.06. The molecule has 0 bridgehead atoms. The monoisotopic (exact) mass is 423 g/mol. The average molecular weight is 424 g/mol. The number of aliphatic imine (C=N–C) groups is 1. The largest absolute Gasteiger partial charge is 0.403 e. The van der Waals surface area contributed by atoms with Gasteiger partial charge < -0.3 is 15.0 Å². The summed E-state index contributed by atoms with van der Waals surface area (Å²) < 4.78 is 44.4. The lowest BCUT2D eigenvalue weighted by Gasteiger charge is -2.44. The number of guanidine groups is 1. The molecule has 0 aromatic heterocycles. The topological polar surface area (TPSA) is 43.3 Å². The second-order valence-corrected chi connectivity index (χ2v) is 8.87. The first-order valence-electron chi connectivity index (χ1n) is 10.0. The van der Waals surface area contributed by atoms with Gasteiger partial charge >= 0.3 is 6.18 Å². The maximum Gasteiger partial charge on any atom is 0.403 e. The molecule has 2 unspecified atom stereocenters. The maximum absolute atomic E-state index is 13.0. The first-order valence-corrected chi connectivity index (χ1v) is 11.2. The fourth-order valence-corrected chi connectivity index (χ4v) is 5.72. The van der Waals surface area contributed by atoms with E-state index in [-0.39, 0.29) is 5.54 Å². The summed E-state index contributed by atoms with van der Waals surface area (Å²) >= 11 is 1.99.